The van der Waals surface area contributed by atoms with Crippen molar-refractivity contribution in [2.45, 2.75) is 39.3 Å². The van der Waals surface area contributed by atoms with E-state index in [-0.39, 0.29) is 48.3 Å². The molecule has 0 saturated heterocycles. The Morgan fingerprint density at radius 2 is 2.00 bits per heavy atom. The Morgan fingerprint density at radius 1 is 1.18 bits per heavy atom. The molecule has 10 heteroatoms. The number of H-pyrrole nitrogens is 1. The first-order valence-corrected chi connectivity index (χ1v) is 11.1. The van der Waals surface area contributed by atoms with Gasteiger partial charge in [-0.1, -0.05) is 19.9 Å². The standard InChI is InChI=1S/C24H27N5O5/c1-15(2)17-12-18(27-26-17)23(31)28-9-7-19-22(24(32)33-3)20(13-21(30)29(19)11-10-28)34-14-16-6-4-5-8-25-16/h4-6,8,12-13,15H,7,9-11,14H2,1-3H3,(H,26,27). The molecule has 178 valence electrons. The summed E-state index contributed by atoms with van der Waals surface area (Å²) in [5.74, 6) is -0.473. The van der Waals surface area contributed by atoms with Crippen LogP contribution in [-0.2, 0) is 24.3 Å². The van der Waals surface area contributed by atoms with Gasteiger partial charge in [-0.3, -0.25) is 19.7 Å². The van der Waals surface area contributed by atoms with Gasteiger partial charge in [0, 0.05) is 49.7 Å². The Hall–Kier alpha value is -3.95. The predicted octanol–water partition coefficient (Wildman–Crippen LogP) is 2.15. The number of esters is 1. The quantitative estimate of drug-likeness (QED) is 0.554. The summed E-state index contributed by atoms with van der Waals surface area (Å²) >= 11 is 0. The number of aromatic amines is 1. The molecule has 0 saturated carbocycles. The minimum Gasteiger partial charge on any atom is -0.486 e. The average Bonchev–Trinajstić information content (AvgIpc) is 3.24. The smallest absolute Gasteiger partial charge is 0.343 e. The van der Waals surface area contributed by atoms with Gasteiger partial charge < -0.3 is 18.9 Å². The largest absolute Gasteiger partial charge is 0.486 e. The summed E-state index contributed by atoms with van der Waals surface area (Å²) in [6.45, 7) is 4.99. The molecular formula is C24H27N5O5. The van der Waals surface area contributed by atoms with E-state index in [0.29, 0.717) is 30.2 Å². The van der Waals surface area contributed by atoms with Crippen LogP contribution in [0.3, 0.4) is 0 Å². The van der Waals surface area contributed by atoms with E-state index < -0.39 is 5.97 Å². The second-order valence-electron chi connectivity index (χ2n) is 8.33. The number of fused-ring (bicyclic) bond motifs is 1. The van der Waals surface area contributed by atoms with E-state index in [0.717, 1.165) is 5.69 Å². The fraction of sp³-hybridized carbons (Fsp3) is 0.375. The van der Waals surface area contributed by atoms with Crippen LogP contribution in [0, 0.1) is 0 Å². The number of hydrogen-bond acceptors (Lipinski definition) is 7. The molecule has 1 amide bonds. The van der Waals surface area contributed by atoms with E-state index in [1.807, 2.05) is 19.9 Å². The summed E-state index contributed by atoms with van der Waals surface area (Å²) < 4.78 is 12.3. The van der Waals surface area contributed by atoms with Crippen molar-refractivity contribution in [3.8, 4) is 5.75 Å². The molecule has 0 fully saturated rings. The lowest BCUT2D eigenvalue weighted by Gasteiger charge is -2.18. The summed E-state index contributed by atoms with van der Waals surface area (Å²) in [5.41, 5.74) is 2.22. The molecule has 0 spiro atoms. The minimum atomic E-state index is -0.603. The van der Waals surface area contributed by atoms with E-state index in [1.54, 1.807) is 29.3 Å². The summed E-state index contributed by atoms with van der Waals surface area (Å²) in [4.78, 5) is 44.6. The third kappa shape index (κ3) is 4.70. The highest BCUT2D eigenvalue weighted by molar-refractivity contribution is 5.94. The van der Waals surface area contributed by atoms with Gasteiger partial charge >= 0.3 is 5.97 Å². The van der Waals surface area contributed by atoms with Crippen molar-refractivity contribution < 1.29 is 19.1 Å². The number of rotatable bonds is 6. The molecule has 0 aromatic carbocycles. The number of ether oxygens (including phenoxy) is 2. The number of amides is 1. The van der Waals surface area contributed by atoms with Crippen LogP contribution in [0.2, 0.25) is 0 Å². The average molecular weight is 466 g/mol. The molecule has 0 bridgehead atoms. The molecule has 0 unspecified atom stereocenters. The summed E-state index contributed by atoms with van der Waals surface area (Å²) in [5, 5.41) is 7.05. The second-order valence-corrected chi connectivity index (χ2v) is 8.33. The van der Waals surface area contributed by atoms with Crippen LogP contribution in [0.15, 0.2) is 41.3 Å². The molecule has 3 aromatic rings. The van der Waals surface area contributed by atoms with E-state index in [1.165, 1.54) is 17.7 Å². The first-order valence-electron chi connectivity index (χ1n) is 11.1. The van der Waals surface area contributed by atoms with Crippen LogP contribution in [0.5, 0.6) is 5.75 Å². The third-order valence-electron chi connectivity index (χ3n) is 5.81. The highest BCUT2D eigenvalue weighted by atomic mass is 16.5. The highest BCUT2D eigenvalue weighted by Gasteiger charge is 2.28. The molecule has 0 aliphatic carbocycles. The molecular weight excluding hydrogens is 438 g/mol. The first kappa shape index (κ1) is 23.2. The van der Waals surface area contributed by atoms with Crippen molar-refractivity contribution in [1.29, 1.82) is 0 Å². The van der Waals surface area contributed by atoms with E-state index in [9.17, 15) is 14.4 Å². The monoisotopic (exact) mass is 465 g/mol. The Kier molecular flexibility index (Phi) is 6.76. The maximum Gasteiger partial charge on any atom is 0.343 e. The number of nitrogens with one attached hydrogen (secondary N) is 1. The Morgan fingerprint density at radius 3 is 2.68 bits per heavy atom. The fourth-order valence-electron chi connectivity index (χ4n) is 3.93. The highest BCUT2D eigenvalue weighted by Crippen LogP contribution is 2.25. The lowest BCUT2D eigenvalue weighted by molar-refractivity contribution is 0.0592. The van der Waals surface area contributed by atoms with Gasteiger partial charge in [-0.05, 0) is 24.1 Å². The number of hydrogen-bond donors (Lipinski definition) is 1. The third-order valence-corrected chi connectivity index (χ3v) is 5.81. The van der Waals surface area contributed by atoms with Gasteiger partial charge in [0.15, 0.2) is 0 Å². The number of carbonyl (C=O) groups excluding carboxylic acids is 2. The zero-order chi connectivity index (χ0) is 24.2. The van der Waals surface area contributed by atoms with Crippen molar-refractivity contribution in [3.63, 3.8) is 0 Å². The Bertz CT molecular complexity index is 1250. The molecule has 34 heavy (non-hydrogen) atoms. The molecule has 4 rings (SSSR count). The normalized spacial score (nSPS) is 13.4. The van der Waals surface area contributed by atoms with Crippen LogP contribution in [0.25, 0.3) is 0 Å². The van der Waals surface area contributed by atoms with Gasteiger partial charge in [-0.2, -0.15) is 5.10 Å². The number of pyridine rings is 2. The van der Waals surface area contributed by atoms with Crippen molar-refractivity contribution in [1.82, 2.24) is 24.6 Å². The number of methoxy groups -OCH3 is 1. The zero-order valence-electron chi connectivity index (χ0n) is 19.4. The molecule has 0 atom stereocenters. The van der Waals surface area contributed by atoms with Crippen LogP contribution in [0.1, 0.15) is 57.7 Å². The molecule has 10 nitrogen and oxygen atoms in total. The molecule has 1 N–H and O–H groups in total. The summed E-state index contributed by atoms with van der Waals surface area (Å²) in [7, 11) is 1.28. The molecule has 1 aliphatic rings. The lowest BCUT2D eigenvalue weighted by Crippen LogP contribution is -2.34. The van der Waals surface area contributed by atoms with Gasteiger partial charge in [0.1, 0.15) is 23.6 Å². The van der Waals surface area contributed by atoms with Crippen LogP contribution in [0.4, 0.5) is 0 Å². The SMILES string of the molecule is COC(=O)c1c(OCc2ccccn2)cc(=O)n2c1CCN(C(=O)c1cc(C(C)C)[nH]n1)CC2. The maximum atomic E-state index is 13.1. The number of aromatic nitrogens is 4. The van der Waals surface area contributed by atoms with E-state index >= 15 is 0 Å². The van der Waals surface area contributed by atoms with Gasteiger partial charge in [0.05, 0.1) is 12.8 Å². The maximum absolute atomic E-state index is 13.1. The van der Waals surface area contributed by atoms with E-state index in [4.69, 9.17) is 9.47 Å². The summed E-state index contributed by atoms with van der Waals surface area (Å²) in [6, 6.07) is 8.45. The van der Waals surface area contributed by atoms with Gasteiger partial charge in [0.25, 0.3) is 11.5 Å². The van der Waals surface area contributed by atoms with Crippen molar-refractivity contribution in [2.75, 3.05) is 20.2 Å². The fourth-order valence-corrected chi connectivity index (χ4v) is 3.93. The van der Waals surface area contributed by atoms with Gasteiger partial charge in [-0.15, -0.1) is 0 Å². The molecule has 3 aromatic heterocycles. The molecule has 1 aliphatic heterocycles. The topological polar surface area (TPSA) is 119 Å². The second kappa shape index (κ2) is 9.90. The minimum absolute atomic E-state index is 0.0929. The zero-order valence-corrected chi connectivity index (χ0v) is 19.4. The Labute approximate surface area is 196 Å². The number of nitrogens with zero attached hydrogens (tertiary/aromatic N) is 4. The summed E-state index contributed by atoms with van der Waals surface area (Å²) in [6.07, 6.45) is 1.93. The first-order chi connectivity index (χ1) is 16.4. The lowest BCUT2D eigenvalue weighted by atomic mass is 10.1. The van der Waals surface area contributed by atoms with Crippen molar-refractivity contribution in [2.24, 2.45) is 0 Å². The van der Waals surface area contributed by atoms with Crippen molar-refractivity contribution >= 4 is 11.9 Å². The van der Waals surface area contributed by atoms with E-state index in [2.05, 4.69) is 15.2 Å². The molecule has 0 radical (unpaired) electrons. The van der Waals surface area contributed by atoms with Gasteiger partial charge in [0.2, 0.25) is 0 Å². The predicted molar refractivity (Wildman–Crippen MR) is 123 cm³/mol. The number of carbonyl (C=O) groups is 2. The van der Waals surface area contributed by atoms with Gasteiger partial charge in [-0.25, -0.2) is 4.79 Å². The molecule has 4 heterocycles. The Balaban J connectivity index is 1.62. The van der Waals surface area contributed by atoms with Crippen LogP contribution >= 0.6 is 0 Å². The van der Waals surface area contributed by atoms with Crippen LogP contribution < -0.4 is 10.3 Å². The van der Waals surface area contributed by atoms with Crippen LogP contribution in [-0.4, -0.2) is 56.7 Å². The van der Waals surface area contributed by atoms with Crippen molar-refractivity contribution in [3.05, 3.63) is 75.2 Å².